The van der Waals surface area contributed by atoms with Gasteiger partial charge in [-0.3, -0.25) is 0 Å². The third kappa shape index (κ3) is 2.90. The Morgan fingerprint density at radius 2 is 2.00 bits per heavy atom. The molecule has 0 amide bonds. The number of aliphatic hydroxyl groups is 1. The van der Waals surface area contributed by atoms with Crippen LogP contribution in [0.25, 0.3) is 0 Å². The van der Waals surface area contributed by atoms with Crippen molar-refractivity contribution >= 4 is 0 Å². The van der Waals surface area contributed by atoms with E-state index in [-0.39, 0.29) is 18.2 Å². The zero-order valence-corrected chi connectivity index (χ0v) is 11.5. The monoisotopic (exact) mass is 253 g/mol. The number of hydrogen-bond acceptors (Lipinski definition) is 4. The molecule has 0 aliphatic carbocycles. The third-order valence-corrected chi connectivity index (χ3v) is 3.29. The lowest BCUT2D eigenvalue weighted by atomic mass is 10.0. The molecule has 1 aromatic heterocycles. The number of ether oxygens (including phenoxy) is 1. The fraction of sp³-hybridized carbons (Fsp3) is 0.846. The van der Waals surface area contributed by atoms with Crippen LogP contribution in [-0.4, -0.2) is 32.6 Å². The van der Waals surface area contributed by atoms with Crippen molar-refractivity contribution in [1.29, 1.82) is 0 Å². The first-order chi connectivity index (χ1) is 8.52. The summed E-state index contributed by atoms with van der Waals surface area (Å²) in [6.07, 6.45) is 4.50. The molecule has 1 aliphatic rings. The van der Waals surface area contributed by atoms with Gasteiger partial charge in [-0.2, -0.15) is 0 Å². The highest BCUT2D eigenvalue weighted by Gasteiger charge is 2.25. The summed E-state index contributed by atoms with van der Waals surface area (Å²) in [5.41, 5.74) is -0.119. The van der Waals surface area contributed by atoms with Crippen LogP contribution in [0.3, 0.4) is 0 Å². The molecule has 0 radical (unpaired) electrons. The molecule has 1 N–H and O–H groups in total. The first-order valence-electron chi connectivity index (χ1n) is 6.68. The van der Waals surface area contributed by atoms with Crippen molar-refractivity contribution < 1.29 is 9.84 Å². The molecule has 1 aliphatic heterocycles. The molecule has 5 heteroatoms. The summed E-state index contributed by atoms with van der Waals surface area (Å²) in [6, 6.07) is 0. The van der Waals surface area contributed by atoms with Gasteiger partial charge in [-0.15, -0.1) is 10.2 Å². The van der Waals surface area contributed by atoms with Crippen LogP contribution >= 0.6 is 0 Å². The van der Waals surface area contributed by atoms with Crippen LogP contribution < -0.4 is 0 Å². The Balaban J connectivity index is 2.19. The topological polar surface area (TPSA) is 60.2 Å². The Kier molecular flexibility index (Phi) is 4.02. The fourth-order valence-corrected chi connectivity index (χ4v) is 2.53. The van der Waals surface area contributed by atoms with Crippen LogP contribution in [0.2, 0.25) is 0 Å². The number of aliphatic hydroxyl groups excluding tert-OH is 1. The lowest BCUT2D eigenvalue weighted by molar-refractivity contribution is 0.0146. The molecule has 2 rings (SSSR count). The van der Waals surface area contributed by atoms with Gasteiger partial charge in [-0.05, 0) is 40.0 Å². The molecule has 0 spiro atoms. The van der Waals surface area contributed by atoms with E-state index in [1.165, 1.54) is 6.42 Å². The quantitative estimate of drug-likeness (QED) is 0.889. The predicted octanol–water partition coefficient (Wildman–Crippen LogP) is 1.64. The average molecular weight is 253 g/mol. The van der Waals surface area contributed by atoms with Crippen molar-refractivity contribution in [1.82, 2.24) is 14.8 Å². The standard InChI is InChI=1S/C13H23N3O2/c1-13(2,3)16-11(14-15-12(16)9-17)8-10-6-4-5-7-18-10/h10,17H,4-9H2,1-3H3. The van der Waals surface area contributed by atoms with Crippen LogP contribution in [0.4, 0.5) is 0 Å². The van der Waals surface area contributed by atoms with Crippen molar-refractivity contribution in [3.05, 3.63) is 11.6 Å². The molecule has 1 aromatic rings. The van der Waals surface area contributed by atoms with Crippen molar-refractivity contribution in [3.8, 4) is 0 Å². The summed E-state index contributed by atoms with van der Waals surface area (Å²) in [5.74, 6) is 1.55. The van der Waals surface area contributed by atoms with E-state index >= 15 is 0 Å². The minimum Gasteiger partial charge on any atom is -0.388 e. The van der Waals surface area contributed by atoms with Crippen molar-refractivity contribution in [2.24, 2.45) is 0 Å². The second kappa shape index (κ2) is 5.36. The SMILES string of the molecule is CC(C)(C)n1c(CO)nnc1CC1CCCCO1. The molecule has 18 heavy (non-hydrogen) atoms. The highest BCUT2D eigenvalue weighted by molar-refractivity contribution is 5.02. The fourth-order valence-electron chi connectivity index (χ4n) is 2.53. The molecular weight excluding hydrogens is 230 g/mol. The Morgan fingerprint density at radius 1 is 1.28 bits per heavy atom. The first-order valence-corrected chi connectivity index (χ1v) is 6.68. The van der Waals surface area contributed by atoms with E-state index in [4.69, 9.17) is 4.74 Å². The predicted molar refractivity (Wildman–Crippen MR) is 68.2 cm³/mol. The molecule has 0 aromatic carbocycles. The lowest BCUT2D eigenvalue weighted by Crippen LogP contribution is -2.29. The van der Waals surface area contributed by atoms with E-state index in [1.54, 1.807) is 0 Å². The summed E-state index contributed by atoms with van der Waals surface area (Å²) >= 11 is 0. The average Bonchev–Trinajstić information content (AvgIpc) is 2.73. The number of aromatic nitrogens is 3. The maximum atomic E-state index is 9.35. The Bertz CT molecular complexity index is 389. The van der Waals surface area contributed by atoms with Gasteiger partial charge in [-0.25, -0.2) is 0 Å². The molecule has 1 atom stereocenters. The number of rotatable bonds is 3. The van der Waals surface area contributed by atoms with Gasteiger partial charge >= 0.3 is 0 Å². The zero-order chi connectivity index (χ0) is 13.2. The zero-order valence-electron chi connectivity index (χ0n) is 11.5. The maximum absolute atomic E-state index is 9.35. The Hall–Kier alpha value is -0.940. The summed E-state index contributed by atoms with van der Waals surface area (Å²) in [5, 5.41) is 17.6. The smallest absolute Gasteiger partial charge is 0.159 e. The summed E-state index contributed by atoms with van der Waals surface area (Å²) in [6.45, 7) is 7.07. The van der Waals surface area contributed by atoms with E-state index < -0.39 is 0 Å². The van der Waals surface area contributed by atoms with Gasteiger partial charge in [0.25, 0.3) is 0 Å². The highest BCUT2D eigenvalue weighted by Crippen LogP contribution is 2.22. The van der Waals surface area contributed by atoms with Crippen LogP contribution in [0.5, 0.6) is 0 Å². The second-order valence-electron chi connectivity index (χ2n) is 5.89. The first kappa shape index (κ1) is 13.5. The molecular formula is C13H23N3O2. The minimum absolute atomic E-state index is 0.0736. The van der Waals surface area contributed by atoms with Crippen LogP contribution in [0, 0.1) is 0 Å². The van der Waals surface area contributed by atoms with Gasteiger partial charge in [0.05, 0.1) is 6.10 Å². The maximum Gasteiger partial charge on any atom is 0.159 e. The van der Waals surface area contributed by atoms with Crippen LogP contribution in [0.15, 0.2) is 0 Å². The molecule has 1 saturated heterocycles. The highest BCUT2D eigenvalue weighted by atomic mass is 16.5. The largest absolute Gasteiger partial charge is 0.388 e. The molecule has 0 saturated carbocycles. The van der Waals surface area contributed by atoms with Gasteiger partial charge in [0.1, 0.15) is 12.4 Å². The summed E-state index contributed by atoms with van der Waals surface area (Å²) in [7, 11) is 0. The molecule has 5 nitrogen and oxygen atoms in total. The van der Waals surface area contributed by atoms with Crippen molar-refractivity contribution in [2.45, 2.75) is 64.7 Å². The molecule has 1 fully saturated rings. The Morgan fingerprint density at radius 3 is 2.56 bits per heavy atom. The van der Waals surface area contributed by atoms with Gasteiger partial charge < -0.3 is 14.4 Å². The molecule has 2 heterocycles. The van der Waals surface area contributed by atoms with Gasteiger partial charge in [-0.1, -0.05) is 0 Å². The lowest BCUT2D eigenvalue weighted by Gasteiger charge is -2.27. The van der Waals surface area contributed by atoms with Crippen molar-refractivity contribution in [2.75, 3.05) is 6.61 Å². The van der Waals surface area contributed by atoms with E-state index in [0.29, 0.717) is 5.82 Å². The van der Waals surface area contributed by atoms with Crippen LogP contribution in [-0.2, 0) is 23.3 Å². The normalized spacial score (nSPS) is 21.2. The Labute approximate surface area is 108 Å². The summed E-state index contributed by atoms with van der Waals surface area (Å²) in [4.78, 5) is 0. The molecule has 1 unspecified atom stereocenters. The van der Waals surface area contributed by atoms with E-state index in [1.807, 2.05) is 4.57 Å². The van der Waals surface area contributed by atoms with Gasteiger partial charge in [0.15, 0.2) is 5.82 Å². The van der Waals surface area contributed by atoms with Crippen LogP contribution in [0.1, 0.15) is 51.7 Å². The second-order valence-corrected chi connectivity index (χ2v) is 5.89. The number of nitrogens with zero attached hydrogens (tertiary/aromatic N) is 3. The van der Waals surface area contributed by atoms with E-state index in [0.717, 1.165) is 31.7 Å². The van der Waals surface area contributed by atoms with Crippen molar-refractivity contribution in [3.63, 3.8) is 0 Å². The van der Waals surface area contributed by atoms with E-state index in [2.05, 4.69) is 31.0 Å². The van der Waals surface area contributed by atoms with Gasteiger partial charge in [0.2, 0.25) is 0 Å². The van der Waals surface area contributed by atoms with Gasteiger partial charge in [0, 0.05) is 18.6 Å². The van der Waals surface area contributed by atoms with E-state index in [9.17, 15) is 5.11 Å². The number of hydrogen-bond donors (Lipinski definition) is 1. The third-order valence-electron chi connectivity index (χ3n) is 3.29. The molecule has 102 valence electrons. The summed E-state index contributed by atoms with van der Waals surface area (Å²) < 4.78 is 7.78. The minimum atomic E-state index is -0.119. The molecule has 0 bridgehead atoms.